The Morgan fingerprint density at radius 3 is 2.65 bits per heavy atom. The van der Waals surface area contributed by atoms with Gasteiger partial charge in [-0.15, -0.1) is 0 Å². The van der Waals surface area contributed by atoms with Crippen LogP contribution in [-0.4, -0.2) is 43.5 Å². The van der Waals surface area contributed by atoms with E-state index in [-0.39, 0.29) is 0 Å². The molecular formula is C14H21ClN2O3. The van der Waals surface area contributed by atoms with Gasteiger partial charge >= 0.3 is 0 Å². The largest absolute Gasteiger partial charge is 0.475 e. The Labute approximate surface area is 124 Å². The van der Waals surface area contributed by atoms with E-state index in [9.17, 15) is 0 Å². The fourth-order valence-corrected chi connectivity index (χ4v) is 1.92. The summed E-state index contributed by atoms with van der Waals surface area (Å²) in [7, 11) is 1.68. The first-order valence-electron chi connectivity index (χ1n) is 6.96. The van der Waals surface area contributed by atoms with Crippen LogP contribution in [-0.2, 0) is 9.47 Å². The lowest BCUT2D eigenvalue weighted by molar-refractivity contribution is 0.0793. The van der Waals surface area contributed by atoms with Crippen LogP contribution in [0.5, 0.6) is 5.88 Å². The number of methoxy groups -OCH3 is 1. The summed E-state index contributed by atoms with van der Waals surface area (Å²) in [4.78, 5) is 8.75. The van der Waals surface area contributed by atoms with Gasteiger partial charge in [0.15, 0.2) is 0 Å². The third-order valence-electron chi connectivity index (χ3n) is 3.11. The highest BCUT2D eigenvalue weighted by Crippen LogP contribution is 2.39. The van der Waals surface area contributed by atoms with Gasteiger partial charge in [-0.3, -0.25) is 0 Å². The molecule has 6 heteroatoms. The van der Waals surface area contributed by atoms with E-state index in [2.05, 4.69) is 9.97 Å². The van der Waals surface area contributed by atoms with E-state index in [1.807, 2.05) is 6.92 Å². The summed E-state index contributed by atoms with van der Waals surface area (Å²) >= 11 is 6.11. The van der Waals surface area contributed by atoms with Crippen molar-refractivity contribution in [3.05, 3.63) is 16.5 Å². The molecule has 0 saturated heterocycles. The lowest BCUT2D eigenvalue weighted by atomic mass is 10.3. The van der Waals surface area contributed by atoms with E-state index in [1.54, 1.807) is 7.11 Å². The zero-order valence-electron chi connectivity index (χ0n) is 12.0. The van der Waals surface area contributed by atoms with Crippen LogP contribution in [0.2, 0.25) is 5.15 Å². The minimum atomic E-state index is 0.459. The molecule has 112 valence electrons. The van der Waals surface area contributed by atoms with Crippen LogP contribution in [0.3, 0.4) is 0 Å². The van der Waals surface area contributed by atoms with Crippen LogP contribution in [0, 0.1) is 6.92 Å². The number of ether oxygens (including phenoxy) is 3. The van der Waals surface area contributed by atoms with Gasteiger partial charge in [0.1, 0.15) is 17.6 Å². The molecule has 0 unspecified atom stereocenters. The summed E-state index contributed by atoms with van der Waals surface area (Å²) in [5.74, 6) is 1.84. The maximum Gasteiger partial charge on any atom is 0.221 e. The summed E-state index contributed by atoms with van der Waals surface area (Å²) in [5, 5.41) is 0.484. The molecular weight excluding hydrogens is 280 g/mol. The van der Waals surface area contributed by atoms with Crippen molar-refractivity contribution in [2.75, 3.05) is 33.5 Å². The highest BCUT2D eigenvalue weighted by molar-refractivity contribution is 6.30. The van der Waals surface area contributed by atoms with Crippen molar-refractivity contribution >= 4 is 11.6 Å². The Hall–Kier alpha value is -0.910. The molecule has 1 aliphatic rings. The van der Waals surface area contributed by atoms with Crippen molar-refractivity contribution in [2.45, 2.75) is 32.1 Å². The smallest absolute Gasteiger partial charge is 0.221 e. The topological polar surface area (TPSA) is 53.5 Å². The van der Waals surface area contributed by atoms with Crippen molar-refractivity contribution in [2.24, 2.45) is 0 Å². The van der Waals surface area contributed by atoms with Crippen LogP contribution in [0.25, 0.3) is 0 Å². The van der Waals surface area contributed by atoms with Gasteiger partial charge in [-0.1, -0.05) is 11.6 Å². The quantitative estimate of drug-likeness (QED) is 0.518. The summed E-state index contributed by atoms with van der Waals surface area (Å²) in [6.45, 7) is 4.25. The third kappa shape index (κ3) is 4.58. The van der Waals surface area contributed by atoms with Crippen molar-refractivity contribution in [3.63, 3.8) is 0 Å². The van der Waals surface area contributed by atoms with Gasteiger partial charge in [0.25, 0.3) is 0 Å². The predicted octanol–water partition coefficient (Wildman–Crippen LogP) is 2.75. The molecule has 0 amide bonds. The summed E-state index contributed by atoms with van der Waals surface area (Å²) in [6.07, 6.45) is 3.17. The van der Waals surface area contributed by atoms with Crippen molar-refractivity contribution in [3.8, 4) is 5.88 Å². The molecule has 1 saturated carbocycles. The molecule has 0 aliphatic heterocycles. The zero-order chi connectivity index (χ0) is 14.4. The van der Waals surface area contributed by atoms with Gasteiger partial charge in [-0.05, 0) is 26.2 Å². The van der Waals surface area contributed by atoms with Crippen LogP contribution in [0.4, 0.5) is 0 Å². The number of rotatable bonds is 9. The molecule has 20 heavy (non-hydrogen) atoms. The van der Waals surface area contributed by atoms with Crippen molar-refractivity contribution < 1.29 is 14.2 Å². The molecule has 0 spiro atoms. The number of hydrogen-bond donors (Lipinski definition) is 0. The predicted molar refractivity (Wildman–Crippen MR) is 76.6 cm³/mol. The zero-order valence-corrected chi connectivity index (χ0v) is 12.8. The fraction of sp³-hybridized carbons (Fsp3) is 0.714. The molecule has 5 nitrogen and oxygen atoms in total. The standard InChI is InChI=1S/C14H21ClN2O3/c1-10-12(15)16-13(11-4-5-11)17-14(10)20-9-8-19-7-3-6-18-2/h11H,3-9H2,1-2H3. The Morgan fingerprint density at radius 2 is 1.95 bits per heavy atom. The molecule has 1 aromatic rings. The number of hydrogen-bond acceptors (Lipinski definition) is 5. The summed E-state index contributed by atoms with van der Waals surface area (Å²) < 4.78 is 16.0. The maximum absolute atomic E-state index is 6.11. The first kappa shape index (κ1) is 15.5. The van der Waals surface area contributed by atoms with E-state index in [1.165, 1.54) is 0 Å². The number of halogens is 1. The Morgan fingerprint density at radius 1 is 1.15 bits per heavy atom. The minimum absolute atomic E-state index is 0.459. The van der Waals surface area contributed by atoms with Gasteiger partial charge < -0.3 is 14.2 Å². The van der Waals surface area contributed by atoms with Crippen LogP contribution < -0.4 is 4.74 Å². The van der Waals surface area contributed by atoms with E-state index in [0.29, 0.717) is 43.4 Å². The molecule has 0 N–H and O–H groups in total. The lowest BCUT2D eigenvalue weighted by Gasteiger charge is -2.10. The molecule has 1 heterocycles. The fourth-order valence-electron chi connectivity index (χ4n) is 1.75. The van der Waals surface area contributed by atoms with Crippen LogP contribution in [0.15, 0.2) is 0 Å². The van der Waals surface area contributed by atoms with E-state index in [0.717, 1.165) is 30.7 Å². The Balaban J connectivity index is 1.77. The minimum Gasteiger partial charge on any atom is -0.475 e. The van der Waals surface area contributed by atoms with Gasteiger partial charge in [-0.2, -0.15) is 4.98 Å². The molecule has 1 aliphatic carbocycles. The highest BCUT2D eigenvalue weighted by Gasteiger charge is 2.28. The molecule has 0 bridgehead atoms. The van der Waals surface area contributed by atoms with Gasteiger partial charge in [0, 0.05) is 31.8 Å². The SMILES string of the molecule is COCCCOCCOc1nc(C2CC2)nc(Cl)c1C. The van der Waals surface area contributed by atoms with Gasteiger partial charge in [0.2, 0.25) is 5.88 Å². The highest BCUT2D eigenvalue weighted by atomic mass is 35.5. The maximum atomic E-state index is 6.11. The van der Waals surface area contributed by atoms with Crippen molar-refractivity contribution in [1.82, 2.24) is 9.97 Å². The molecule has 1 aromatic heterocycles. The molecule has 0 radical (unpaired) electrons. The normalized spacial score (nSPS) is 14.6. The van der Waals surface area contributed by atoms with Crippen LogP contribution >= 0.6 is 11.6 Å². The second-order valence-corrected chi connectivity index (χ2v) is 5.24. The van der Waals surface area contributed by atoms with E-state index >= 15 is 0 Å². The van der Waals surface area contributed by atoms with Gasteiger partial charge in [-0.25, -0.2) is 4.98 Å². The molecule has 2 rings (SSSR count). The first-order valence-corrected chi connectivity index (χ1v) is 7.33. The average Bonchev–Trinajstić information content (AvgIpc) is 3.26. The number of nitrogens with zero attached hydrogens (tertiary/aromatic N) is 2. The first-order chi connectivity index (χ1) is 9.72. The second-order valence-electron chi connectivity index (χ2n) is 4.88. The third-order valence-corrected chi connectivity index (χ3v) is 3.47. The van der Waals surface area contributed by atoms with E-state index < -0.39 is 0 Å². The Kier molecular flexibility index (Phi) is 6.01. The number of aromatic nitrogens is 2. The molecule has 0 atom stereocenters. The van der Waals surface area contributed by atoms with Gasteiger partial charge in [0.05, 0.1) is 6.61 Å². The summed E-state index contributed by atoms with van der Waals surface area (Å²) in [5.41, 5.74) is 0.787. The average molecular weight is 301 g/mol. The van der Waals surface area contributed by atoms with Crippen LogP contribution in [0.1, 0.15) is 36.6 Å². The summed E-state index contributed by atoms with van der Waals surface area (Å²) in [6, 6.07) is 0. The second kappa shape index (κ2) is 7.76. The van der Waals surface area contributed by atoms with E-state index in [4.69, 9.17) is 25.8 Å². The van der Waals surface area contributed by atoms with Crippen molar-refractivity contribution in [1.29, 1.82) is 0 Å². The Bertz CT molecular complexity index is 439. The molecule has 0 aromatic carbocycles. The molecule has 1 fully saturated rings. The monoisotopic (exact) mass is 300 g/mol. The lowest BCUT2D eigenvalue weighted by Crippen LogP contribution is -2.11.